The molecule has 4 rings (SSSR count). The van der Waals surface area contributed by atoms with E-state index in [1.165, 1.54) is 11.3 Å². The second-order valence-corrected chi connectivity index (χ2v) is 6.04. The SMILES string of the molecule is CCOc1ccc(Nc2nn3cc(-c4cccnc4)nc3s2)cc1. The number of nitrogens with zero attached hydrogens (tertiary/aromatic N) is 4. The molecule has 0 atom stereocenters. The number of fused-ring (bicyclic) bond motifs is 1. The molecule has 3 aromatic heterocycles. The number of pyridine rings is 1. The van der Waals surface area contributed by atoms with E-state index in [4.69, 9.17) is 4.74 Å². The van der Waals surface area contributed by atoms with Crippen LogP contribution in [-0.4, -0.2) is 26.2 Å². The molecule has 6 nitrogen and oxygen atoms in total. The fourth-order valence-corrected chi connectivity index (χ4v) is 3.13. The quantitative estimate of drug-likeness (QED) is 0.596. The molecule has 0 saturated heterocycles. The van der Waals surface area contributed by atoms with Crippen molar-refractivity contribution in [3.63, 3.8) is 0 Å². The summed E-state index contributed by atoms with van der Waals surface area (Å²) in [5.41, 5.74) is 2.81. The number of rotatable bonds is 5. The first-order valence-corrected chi connectivity index (χ1v) is 8.40. The molecule has 4 aromatic rings. The Morgan fingerprint density at radius 3 is 2.79 bits per heavy atom. The number of benzene rings is 1. The third-order valence-electron chi connectivity index (χ3n) is 3.42. The summed E-state index contributed by atoms with van der Waals surface area (Å²) in [5, 5.41) is 8.60. The van der Waals surface area contributed by atoms with Crippen molar-refractivity contribution in [3.05, 3.63) is 55.0 Å². The van der Waals surface area contributed by atoms with Crippen LogP contribution in [0.15, 0.2) is 55.0 Å². The molecule has 0 aliphatic heterocycles. The third-order valence-corrected chi connectivity index (χ3v) is 4.26. The van der Waals surface area contributed by atoms with E-state index in [1.807, 2.05) is 49.5 Å². The molecule has 24 heavy (non-hydrogen) atoms. The zero-order valence-electron chi connectivity index (χ0n) is 13.0. The van der Waals surface area contributed by atoms with Crippen molar-refractivity contribution < 1.29 is 4.74 Å². The van der Waals surface area contributed by atoms with Crippen LogP contribution < -0.4 is 10.1 Å². The molecule has 0 bridgehead atoms. The lowest BCUT2D eigenvalue weighted by Gasteiger charge is -2.05. The summed E-state index contributed by atoms with van der Waals surface area (Å²) in [6, 6.07) is 11.7. The minimum Gasteiger partial charge on any atom is -0.494 e. The van der Waals surface area contributed by atoms with Gasteiger partial charge in [0.25, 0.3) is 0 Å². The highest BCUT2D eigenvalue weighted by molar-refractivity contribution is 7.20. The first kappa shape index (κ1) is 14.6. The average Bonchev–Trinajstić information content (AvgIpc) is 3.16. The van der Waals surface area contributed by atoms with Gasteiger partial charge in [0.15, 0.2) is 0 Å². The highest BCUT2D eigenvalue weighted by Crippen LogP contribution is 2.26. The summed E-state index contributed by atoms with van der Waals surface area (Å²) >= 11 is 1.50. The van der Waals surface area contributed by atoms with Crippen LogP contribution in [0.4, 0.5) is 10.8 Å². The van der Waals surface area contributed by atoms with E-state index < -0.39 is 0 Å². The number of anilines is 2. The first-order chi connectivity index (χ1) is 11.8. The van der Waals surface area contributed by atoms with Gasteiger partial charge in [-0.25, -0.2) is 9.50 Å². The predicted octanol–water partition coefficient (Wildman–Crippen LogP) is 4.00. The Morgan fingerprint density at radius 1 is 1.21 bits per heavy atom. The van der Waals surface area contributed by atoms with E-state index in [9.17, 15) is 0 Å². The van der Waals surface area contributed by atoms with Crippen molar-refractivity contribution in [2.45, 2.75) is 6.92 Å². The maximum atomic E-state index is 5.44. The highest BCUT2D eigenvalue weighted by atomic mass is 32.1. The molecule has 3 heterocycles. The highest BCUT2D eigenvalue weighted by Gasteiger charge is 2.10. The lowest BCUT2D eigenvalue weighted by atomic mass is 10.2. The van der Waals surface area contributed by atoms with Gasteiger partial charge in [0, 0.05) is 23.6 Å². The van der Waals surface area contributed by atoms with Gasteiger partial charge in [-0.05, 0) is 43.3 Å². The molecule has 0 saturated carbocycles. The fourth-order valence-electron chi connectivity index (χ4n) is 2.33. The normalized spacial score (nSPS) is 10.9. The number of imidazole rings is 1. The largest absolute Gasteiger partial charge is 0.494 e. The molecule has 0 aliphatic rings. The maximum absolute atomic E-state index is 5.44. The lowest BCUT2D eigenvalue weighted by molar-refractivity contribution is 0.340. The molecule has 0 aliphatic carbocycles. The molecule has 1 N–H and O–H groups in total. The van der Waals surface area contributed by atoms with Crippen molar-refractivity contribution in [2.75, 3.05) is 11.9 Å². The van der Waals surface area contributed by atoms with Crippen molar-refractivity contribution in [3.8, 4) is 17.0 Å². The minimum absolute atomic E-state index is 0.662. The van der Waals surface area contributed by atoms with E-state index in [0.717, 1.165) is 32.8 Å². The van der Waals surface area contributed by atoms with Gasteiger partial charge < -0.3 is 10.1 Å². The first-order valence-electron chi connectivity index (χ1n) is 7.58. The van der Waals surface area contributed by atoms with Gasteiger partial charge in [-0.2, -0.15) is 0 Å². The van der Waals surface area contributed by atoms with Gasteiger partial charge in [0.1, 0.15) is 5.75 Å². The van der Waals surface area contributed by atoms with Gasteiger partial charge in [0.2, 0.25) is 10.1 Å². The van der Waals surface area contributed by atoms with Crippen LogP contribution in [0.2, 0.25) is 0 Å². The summed E-state index contributed by atoms with van der Waals surface area (Å²) in [6.45, 7) is 2.63. The Hall–Kier alpha value is -2.93. The Morgan fingerprint density at radius 2 is 2.08 bits per heavy atom. The molecule has 0 spiro atoms. The van der Waals surface area contributed by atoms with E-state index >= 15 is 0 Å². The Bertz CT molecular complexity index is 915. The van der Waals surface area contributed by atoms with Crippen LogP contribution in [0, 0.1) is 0 Å². The molecule has 1 aromatic carbocycles. The van der Waals surface area contributed by atoms with Crippen molar-refractivity contribution >= 4 is 27.1 Å². The smallest absolute Gasteiger partial charge is 0.214 e. The van der Waals surface area contributed by atoms with Gasteiger partial charge in [-0.15, -0.1) is 5.10 Å². The topological polar surface area (TPSA) is 64.3 Å². The van der Waals surface area contributed by atoms with Crippen LogP contribution in [0.5, 0.6) is 5.75 Å². The Balaban J connectivity index is 1.54. The van der Waals surface area contributed by atoms with Crippen LogP contribution in [0.1, 0.15) is 6.92 Å². The average molecular weight is 337 g/mol. The lowest BCUT2D eigenvalue weighted by Crippen LogP contribution is -1.93. The molecular formula is C17H15N5OS. The molecular weight excluding hydrogens is 322 g/mol. The second-order valence-electron chi connectivity index (χ2n) is 5.08. The minimum atomic E-state index is 0.662. The molecule has 120 valence electrons. The monoisotopic (exact) mass is 337 g/mol. The van der Waals surface area contributed by atoms with Gasteiger partial charge in [-0.1, -0.05) is 11.3 Å². The van der Waals surface area contributed by atoms with E-state index in [0.29, 0.717) is 6.61 Å². The molecule has 0 amide bonds. The van der Waals surface area contributed by atoms with E-state index in [1.54, 1.807) is 16.9 Å². The summed E-state index contributed by atoms with van der Waals surface area (Å²) in [6.07, 6.45) is 5.46. The summed E-state index contributed by atoms with van der Waals surface area (Å²) in [4.78, 5) is 9.56. The maximum Gasteiger partial charge on any atom is 0.214 e. The van der Waals surface area contributed by atoms with Crippen molar-refractivity contribution in [1.82, 2.24) is 19.6 Å². The third kappa shape index (κ3) is 2.93. The fraction of sp³-hybridized carbons (Fsp3) is 0.118. The van der Waals surface area contributed by atoms with Crippen LogP contribution in [-0.2, 0) is 0 Å². The molecule has 0 radical (unpaired) electrons. The van der Waals surface area contributed by atoms with Crippen LogP contribution in [0.3, 0.4) is 0 Å². The van der Waals surface area contributed by atoms with E-state index in [-0.39, 0.29) is 0 Å². The molecule has 0 fully saturated rings. The van der Waals surface area contributed by atoms with Crippen LogP contribution >= 0.6 is 11.3 Å². The standard InChI is InChI=1S/C17H15N5OS/c1-2-23-14-7-5-13(6-8-14)19-16-21-22-11-15(20-17(22)24-16)12-4-3-9-18-10-12/h3-11H,2H2,1H3,(H,19,21). The summed E-state index contributed by atoms with van der Waals surface area (Å²) in [7, 11) is 0. The van der Waals surface area contributed by atoms with Crippen molar-refractivity contribution in [1.29, 1.82) is 0 Å². The molecule has 0 unspecified atom stereocenters. The zero-order valence-corrected chi connectivity index (χ0v) is 13.8. The van der Waals surface area contributed by atoms with Gasteiger partial charge in [-0.3, -0.25) is 4.98 Å². The summed E-state index contributed by atoms with van der Waals surface area (Å²) in [5.74, 6) is 0.859. The number of aromatic nitrogens is 4. The Kier molecular flexibility index (Phi) is 3.84. The second kappa shape index (κ2) is 6.29. The van der Waals surface area contributed by atoms with E-state index in [2.05, 4.69) is 20.4 Å². The Labute approximate surface area is 142 Å². The van der Waals surface area contributed by atoms with Crippen molar-refractivity contribution in [2.24, 2.45) is 0 Å². The number of ether oxygens (including phenoxy) is 1. The number of hydrogen-bond donors (Lipinski definition) is 1. The van der Waals surface area contributed by atoms with Gasteiger partial charge in [0.05, 0.1) is 18.5 Å². The zero-order chi connectivity index (χ0) is 16.4. The van der Waals surface area contributed by atoms with Gasteiger partial charge >= 0.3 is 0 Å². The predicted molar refractivity (Wildman–Crippen MR) is 95.0 cm³/mol. The van der Waals surface area contributed by atoms with Crippen LogP contribution in [0.25, 0.3) is 16.2 Å². The number of hydrogen-bond acceptors (Lipinski definition) is 6. The number of nitrogens with one attached hydrogen (secondary N) is 1. The summed E-state index contributed by atoms with van der Waals surface area (Å²) < 4.78 is 7.22. The molecule has 7 heteroatoms.